The molecular formula is C12H22N2O2. The average molecular weight is 226 g/mol. The Morgan fingerprint density at radius 1 is 1.38 bits per heavy atom. The van der Waals surface area contributed by atoms with Crippen LogP contribution in [0.15, 0.2) is 0 Å². The second-order valence-electron chi connectivity index (χ2n) is 4.36. The minimum Gasteiger partial charge on any atom is -0.342 e. The molecule has 0 heterocycles. The van der Waals surface area contributed by atoms with E-state index in [1.54, 1.807) is 4.90 Å². The molecule has 0 aliphatic heterocycles. The minimum absolute atomic E-state index is 0.0282. The van der Waals surface area contributed by atoms with E-state index >= 15 is 0 Å². The lowest BCUT2D eigenvalue weighted by Crippen LogP contribution is -2.44. The summed E-state index contributed by atoms with van der Waals surface area (Å²) in [5, 5.41) is 0. The molecule has 0 aromatic rings. The van der Waals surface area contributed by atoms with E-state index in [9.17, 15) is 9.59 Å². The van der Waals surface area contributed by atoms with E-state index < -0.39 is 0 Å². The van der Waals surface area contributed by atoms with E-state index in [2.05, 4.69) is 0 Å². The Morgan fingerprint density at radius 2 is 2.00 bits per heavy atom. The van der Waals surface area contributed by atoms with Gasteiger partial charge in [0, 0.05) is 19.5 Å². The van der Waals surface area contributed by atoms with Crippen LogP contribution in [0.4, 0.5) is 0 Å². The lowest BCUT2D eigenvalue weighted by molar-refractivity contribution is -0.133. The first kappa shape index (κ1) is 13.2. The standard InChI is InChI=1S/C12H22N2O2/c1-4-14(5-2)12(16)9-13(3)10-7-6-8-11(10)15/h10H,4-9H2,1-3H3. The maximum absolute atomic E-state index is 11.9. The fourth-order valence-electron chi connectivity index (χ4n) is 2.26. The smallest absolute Gasteiger partial charge is 0.236 e. The number of carbonyl (C=O) groups excluding carboxylic acids is 2. The number of rotatable bonds is 5. The number of likely N-dealkylation sites (N-methyl/N-ethyl adjacent to an activating group) is 2. The highest BCUT2D eigenvalue weighted by Crippen LogP contribution is 2.18. The molecule has 0 aromatic heterocycles. The predicted molar refractivity (Wildman–Crippen MR) is 63.2 cm³/mol. The highest BCUT2D eigenvalue weighted by molar-refractivity contribution is 5.87. The Hall–Kier alpha value is -0.900. The van der Waals surface area contributed by atoms with Crippen molar-refractivity contribution >= 4 is 11.7 Å². The Morgan fingerprint density at radius 3 is 2.44 bits per heavy atom. The highest BCUT2D eigenvalue weighted by Gasteiger charge is 2.29. The topological polar surface area (TPSA) is 40.6 Å². The molecule has 4 nitrogen and oxygen atoms in total. The maximum Gasteiger partial charge on any atom is 0.236 e. The van der Waals surface area contributed by atoms with Crippen LogP contribution in [0.1, 0.15) is 33.1 Å². The van der Waals surface area contributed by atoms with Crippen molar-refractivity contribution in [3.05, 3.63) is 0 Å². The molecule has 1 saturated carbocycles. The SMILES string of the molecule is CCN(CC)C(=O)CN(C)C1CCCC1=O. The van der Waals surface area contributed by atoms with Crippen molar-refractivity contribution in [2.24, 2.45) is 0 Å². The van der Waals surface area contributed by atoms with Gasteiger partial charge in [-0.3, -0.25) is 14.5 Å². The van der Waals surface area contributed by atoms with Crippen molar-refractivity contribution < 1.29 is 9.59 Å². The normalized spacial score (nSPS) is 20.5. The van der Waals surface area contributed by atoms with Gasteiger partial charge in [0.1, 0.15) is 5.78 Å². The van der Waals surface area contributed by atoms with E-state index in [1.807, 2.05) is 25.8 Å². The molecule has 1 fully saturated rings. The molecule has 1 amide bonds. The lowest BCUT2D eigenvalue weighted by atomic mass is 10.2. The van der Waals surface area contributed by atoms with Crippen molar-refractivity contribution in [3.8, 4) is 0 Å². The van der Waals surface area contributed by atoms with Gasteiger partial charge in [0.2, 0.25) is 5.91 Å². The summed E-state index contributed by atoms with van der Waals surface area (Å²) in [5.41, 5.74) is 0. The second-order valence-corrected chi connectivity index (χ2v) is 4.36. The molecule has 0 N–H and O–H groups in total. The lowest BCUT2D eigenvalue weighted by Gasteiger charge is -2.26. The van der Waals surface area contributed by atoms with Crippen LogP contribution in [0.3, 0.4) is 0 Å². The van der Waals surface area contributed by atoms with Crippen molar-refractivity contribution in [2.45, 2.75) is 39.2 Å². The summed E-state index contributed by atoms with van der Waals surface area (Å²) >= 11 is 0. The van der Waals surface area contributed by atoms with Crippen LogP contribution in [-0.2, 0) is 9.59 Å². The minimum atomic E-state index is -0.0282. The number of ketones is 1. The zero-order chi connectivity index (χ0) is 12.1. The van der Waals surface area contributed by atoms with Crippen molar-refractivity contribution in [1.29, 1.82) is 0 Å². The highest BCUT2D eigenvalue weighted by atomic mass is 16.2. The third-order valence-electron chi connectivity index (χ3n) is 3.31. The van der Waals surface area contributed by atoms with Gasteiger partial charge in [-0.25, -0.2) is 0 Å². The maximum atomic E-state index is 11.9. The summed E-state index contributed by atoms with van der Waals surface area (Å²) < 4.78 is 0. The van der Waals surface area contributed by atoms with Crippen LogP contribution < -0.4 is 0 Å². The van der Waals surface area contributed by atoms with E-state index in [4.69, 9.17) is 0 Å². The van der Waals surface area contributed by atoms with Gasteiger partial charge >= 0.3 is 0 Å². The molecule has 1 aliphatic rings. The molecule has 1 unspecified atom stereocenters. The van der Waals surface area contributed by atoms with Crippen LogP contribution in [0.5, 0.6) is 0 Å². The largest absolute Gasteiger partial charge is 0.342 e. The molecule has 0 saturated heterocycles. The molecule has 0 radical (unpaired) electrons. The summed E-state index contributed by atoms with van der Waals surface area (Å²) in [4.78, 5) is 27.1. The Labute approximate surface area is 97.6 Å². The number of hydrogen-bond acceptors (Lipinski definition) is 3. The summed E-state index contributed by atoms with van der Waals surface area (Å²) in [5.74, 6) is 0.405. The average Bonchev–Trinajstić information content (AvgIpc) is 2.66. The number of Topliss-reactive ketones (excluding diaryl/α,β-unsaturated/α-hetero) is 1. The summed E-state index contributed by atoms with van der Waals surface area (Å²) in [7, 11) is 1.87. The number of nitrogens with zero attached hydrogens (tertiary/aromatic N) is 2. The number of carbonyl (C=O) groups is 2. The fourth-order valence-corrected chi connectivity index (χ4v) is 2.26. The van der Waals surface area contributed by atoms with Gasteiger partial charge in [0.25, 0.3) is 0 Å². The third-order valence-corrected chi connectivity index (χ3v) is 3.31. The van der Waals surface area contributed by atoms with Gasteiger partial charge in [-0.1, -0.05) is 0 Å². The molecule has 16 heavy (non-hydrogen) atoms. The monoisotopic (exact) mass is 226 g/mol. The Balaban J connectivity index is 2.47. The quantitative estimate of drug-likeness (QED) is 0.699. The first-order valence-electron chi connectivity index (χ1n) is 6.10. The van der Waals surface area contributed by atoms with Crippen molar-refractivity contribution in [1.82, 2.24) is 9.80 Å². The van der Waals surface area contributed by atoms with Crippen LogP contribution in [0.25, 0.3) is 0 Å². The predicted octanol–water partition coefficient (Wildman–Crippen LogP) is 0.908. The van der Waals surface area contributed by atoms with E-state index in [-0.39, 0.29) is 17.7 Å². The molecular weight excluding hydrogens is 204 g/mol. The summed E-state index contributed by atoms with van der Waals surface area (Å²) in [6, 6.07) is -0.0282. The molecule has 0 aromatic carbocycles. The molecule has 92 valence electrons. The van der Waals surface area contributed by atoms with Crippen LogP contribution in [0, 0.1) is 0 Å². The Bertz CT molecular complexity index is 262. The van der Waals surface area contributed by atoms with Gasteiger partial charge in [-0.2, -0.15) is 0 Å². The third kappa shape index (κ3) is 3.04. The second kappa shape index (κ2) is 5.99. The van der Waals surface area contributed by atoms with Gasteiger partial charge in [-0.15, -0.1) is 0 Å². The zero-order valence-corrected chi connectivity index (χ0v) is 10.5. The van der Waals surface area contributed by atoms with Crippen LogP contribution >= 0.6 is 0 Å². The van der Waals surface area contributed by atoms with Crippen LogP contribution in [-0.4, -0.2) is 54.2 Å². The molecule has 1 aliphatic carbocycles. The first-order chi connectivity index (χ1) is 7.60. The molecule has 0 bridgehead atoms. The fraction of sp³-hybridized carbons (Fsp3) is 0.833. The van der Waals surface area contributed by atoms with Crippen molar-refractivity contribution in [2.75, 3.05) is 26.7 Å². The first-order valence-corrected chi connectivity index (χ1v) is 6.10. The summed E-state index contributed by atoms with van der Waals surface area (Å²) in [6.45, 7) is 5.78. The molecule has 0 spiro atoms. The zero-order valence-electron chi connectivity index (χ0n) is 10.5. The molecule has 1 atom stereocenters. The van der Waals surface area contributed by atoms with Gasteiger partial charge < -0.3 is 4.90 Å². The van der Waals surface area contributed by atoms with E-state index in [0.717, 1.165) is 25.9 Å². The van der Waals surface area contributed by atoms with Crippen LogP contribution in [0.2, 0.25) is 0 Å². The van der Waals surface area contributed by atoms with Crippen molar-refractivity contribution in [3.63, 3.8) is 0 Å². The van der Waals surface area contributed by atoms with E-state index in [1.165, 1.54) is 0 Å². The molecule has 1 rings (SSSR count). The Kier molecular flexibility index (Phi) is 4.93. The van der Waals surface area contributed by atoms with Gasteiger partial charge in [-0.05, 0) is 33.7 Å². The molecule has 4 heteroatoms. The summed E-state index contributed by atoms with van der Waals surface area (Å²) in [6.07, 6.45) is 2.54. The number of amides is 1. The van der Waals surface area contributed by atoms with Gasteiger partial charge in [0.05, 0.1) is 12.6 Å². The van der Waals surface area contributed by atoms with Gasteiger partial charge in [0.15, 0.2) is 0 Å². The van der Waals surface area contributed by atoms with E-state index in [0.29, 0.717) is 13.0 Å². The number of hydrogen-bond donors (Lipinski definition) is 0.